The van der Waals surface area contributed by atoms with Crippen molar-refractivity contribution in [3.63, 3.8) is 0 Å². The first-order valence-corrected chi connectivity index (χ1v) is 9.01. The molecule has 132 valence electrons. The minimum atomic E-state index is -0.882. The average Bonchev–Trinajstić information content (AvgIpc) is 2.73. The molecular formula is C20H28O4. The molecule has 0 amide bonds. The van der Waals surface area contributed by atoms with Crippen molar-refractivity contribution in [2.75, 3.05) is 0 Å². The Bertz CT molecular complexity index is 665. The van der Waals surface area contributed by atoms with Gasteiger partial charge >= 0.3 is 5.97 Å². The molecule has 0 aromatic heterocycles. The smallest absolute Gasteiger partial charge is 0.316 e. The predicted octanol–water partition coefficient (Wildman–Crippen LogP) is 2.60. The van der Waals surface area contributed by atoms with Crippen LogP contribution in [0.25, 0.3) is 0 Å². The van der Waals surface area contributed by atoms with Crippen LogP contribution >= 0.6 is 0 Å². The molecule has 2 unspecified atom stereocenters. The molecule has 4 aliphatic rings. The molecule has 2 N–H and O–H groups in total. The number of hydrogen-bond donors (Lipinski definition) is 2. The summed E-state index contributed by atoms with van der Waals surface area (Å²) in [6.07, 6.45) is 5.03. The molecule has 0 aromatic rings. The van der Waals surface area contributed by atoms with Gasteiger partial charge < -0.3 is 14.9 Å². The van der Waals surface area contributed by atoms with Gasteiger partial charge in [-0.05, 0) is 56.1 Å². The van der Waals surface area contributed by atoms with E-state index in [0.717, 1.165) is 18.4 Å². The number of aliphatic hydroxyl groups excluding tert-OH is 1. The molecule has 4 nitrogen and oxygen atoms in total. The van der Waals surface area contributed by atoms with Crippen LogP contribution in [0.3, 0.4) is 0 Å². The molecule has 4 rings (SSSR count). The fourth-order valence-corrected chi connectivity index (χ4v) is 6.43. The molecular weight excluding hydrogens is 304 g/mol. The molecule has 3 aliphatic carbocycles. The Hall–Kier alpha value is -1.13. The fraction of sp³-hybridized carbons (Fsp3) is 0.750. The zero-order valence-corrected chi connectivity index (χ0v) is 15.0. The second kappa shape index (κ2) is 4.34. The van der Waals surface area contributed by atoms with Crippen LogP contribution in [-0.2, 0) is 9.53 Å². The third-order valence-electron chi connectivity index (χ3n) is 8.15. The third-order valence-corrected chi connectivity index (χ3v) is 8.15. The third kappa shape index (κ3) is 1.55. The van der Waals surface area contributed by atoms with Gasteiger partial charge in [-0.2, -0.15) is 0 Å². The second-order valence-electron chi connectivity index (χ2n) is 9.25. The Balaban J connectivity index is 1.89. The van der Waals surface area contributed by atoms with Gasteiger partial charge in [-0.15, -0.1) is 0 Å². The van der Waals surface area contributed by atoms with E-state index >= 15 is 0 Å². The Morgan fingerprint density at radius 3 is 2.67 bits per heavy atom. The maximum absolute atomic E-state index is 12.7. The molecule has 2 saturated carbocycles. The molecule has 0 aromatic carbocycles. The summed E-state index contributed by atoms with van der Waals surface area (Å²) in [6.45, 7) is 12.3. The van der Waals surface area contributed by atoms with Crippen molar-refractivity contribution in [2.45, 2.75) is 64.3 Å². The van der Waals surface area contributed by atoms with E-state index in [1.165, 1.54) is 0 Å². The van der Waals surface area contributed by atoms with Crippen molar-refractivity contribution in [3.05, 3.63) is 24.3 Å². The molecule has 4 heteroatoms. The first-order valence-electron chi connectivity index (χ1n) is 9.01. The van der Waals surface area contributed by atoms with Crippen molar-refractivity contribution < 1.29 is 19.7 Å². The van der Waals surface area contributed by atoms with Crippen molar-refractivity contribution >= 4 is 5.97 Å². The zero-order chi connectivity index (χ0) is 17.7. The monoisotopic (exact) mass is 332 g/mol. The van der Waals surface area contributed by atoms with Crippen LogP contribution in [-0.4, -0.2) is 33.5 Å². The predicted molar refractivity (Wildman–Crippen MR) is 89.9 cm³/mol. The maximum Gasteiger partial charge on any atom is 0.316 e. The van der Waals surface area contributed by atoms with Crippen LogP contribution in [0.15, 0.2) is 24.3 Å². The minimum absolute atomic E-state index is 0.0386. The van der Waals surface area contributed by atoms with Crippen LogP contribution in [0.5, 0.6) is 0 Å². The summed E-state index contributed by atoms with van der Waals surface area (Å²) in [5.41, 5.74) is -1.65. The van der Waals surface area contributed by atoms with Gasteiger partial charge in [0.05, 0.1) is 11.7 Å². The molecule has 1 heterocycles. The summed E-state index contributed by atoms with van der Waals surface area (Å²) >= 11 is 0. The standard InChI is InChI=1S/C20H28O4/c1-11-10-17(3)12(2)15-19(5)14(21)7-9-20(15,24-16(19)22)13(17)6-8-18(11,4)23/h7,9,12-15,21,23H,1,6,8,10H2,2-5H3/t12-,13+,14-,15?,17-,18?,19+,20+/m0/s1. The topological polar surface area (TPSA) is 66.8 Å². The van der Waals surface area contributed by atoms with E-state index in [-0.39, 0.29) is 29.1 Å². The van der Waals surface area contributed by atoms with Crippen LogP contribution in [0.1, 0.15) is 47.0 Å². The quantitative estimate of drug-likeness (QED) is 0.528. The van der Waals surface area contributed by atoms with E-state index < -0.39 is 22.7 Å². The number of carbonyl (C=O) groups excluding carboxylic acids is 1. The van der Waals surface area contributed by atoms with Gasteiger partial charge in [0.25, 0.3) is 0 Å². The van der Waals surface area contributed by atoms with E-state index in [1.807, 2.05) is 19.9 Å². The summed E-state index contributed by atoms with van der Waals surface area (Å²) in [7, 11) is 0. The highest BCUT2D eigenvalue weighted by molar-refractivity contribution is 5.83. The summed E-state index contributed by atoms with van der Waals surface area (Å²) < 4.78 is 6.04. The van der Waals surface area contributed by atoms with Gasteiger partial charge in [0.15, 0.2) is 0 Å². The van der Waals surface area contributed by atoms with E-state index in [1.54, 1.807) is 6.08 Å². The van der Waals surface area contributed by atoms with Crippen molar-refractivity contribution in [1.82, 2.24) is 0 Å². The van der Waals surface area contributed by atoms with Gasteiger partial charge in [-0.1, -0.05) is 26.5 Å². The van der Waals surface area contributed by atoms with E-state index in [0.29, 0.717) is 6.42 Å². The van der Waals surface area contributed by atoms with E-state index in [9.17, 15) is 15.0 Å². The Morgan fingerprint density at radius 1 is 1.33 bits per heavy atom. The highest BCUT2D eigenvalue weighted by Gasteiger charge is 2.77. The second-order valence-corrected chi connectivity index (χ2v) is 9.25. The normalized spacial score (nSPS) is 58.9. The van der Waals surface area contributed by atoms with Crippen molar-refractivity contribution in [1.29, 1.82) is 0 Å². The summed E-state index contributed by atoms with van der Waals surface area (Å²) in [6, 6.07) is 0. The first kappa shape index (κ1) is 16.3. The SMILES string of the molecule is C=C1C[C@]2(C)[C@@H](CCC1(C)O)[C@@]13C=C[C@H](O)[C@@](C)(C(=O)O1)C3[C@@H]2C. The number of rotatable bonds is 0. The molecule has 3 fully saturated rings. The lowest BCUT2D eigenvalue weighted by Gasteiger charge is -2.40. The summed E-state index contributed by atoms with van der Waals surface area (Å²) in [5.74, 6) is -0.00784. The summed E-state index contributed by atoms with van der Waals surface area (Å²) in [5, 5.41) is 21.3. The Labute approximate surface area is 143 Å². The lowest BCUT2D eigenvalue weighted by molar-refractivity contribution is -0.157. The van der Waals surface area contributed by atoms with Crippen LogP contribution < -0.4 is 0 Å². The number of ether oxygens (including phenoxy) is 1. The first-order chi connectivity index (χ1) is 11.0. The van der Waals surface area contributed by atoms with Crippen LogP contribution in [0.4, 0.5) is 0 Å². The number of aliphatic hydroxyl groups is 2. The van der Waals surface area contributed by atoms with Crippen LogP contribution in [0.2, 0.25) is 0 Å². The van der Waals surface area contributed by atoms with E-state index in [2.05, 4.69) is 20.4 Å². The molecule has 2 bridgehead atoms. The highest BCUT2D eigenvalue weighted by Crippen LogP contribution is 2.72. The number of fused-ring (bicyclic) bond motifs is 1. The van der Waals surface area contributed by atoms with Gasteiger partial charge in [-0.25, -0.2) is 0 Å². The number of esters is 1. The molecule has 0 spiro atoms. The Kier molecular flexibility index (Phi) is 2.95. The van der Waals surface area contributed by atoms with E-state index in [4.69, 9.17) is 4.74 Å². The maximum atomic E-state index is 12.7. The van der Waals surface area contributed by atoms with Crippen molar-refractivity contribution in [2.24, 2.45) is 28.6 Å². The highest BCUT2D eigenvalue weighted by atomic mass is 16.6. The molecule has 1 saturated heterocycles. The van der Waals surface area contributed by atoms with Gasteiger partial charge in [-0.3, -0.25) is 4.79 Å². The average molecular weight is 332 g/mol. The van der Waals surface area contributed by atoms with Crippen molar-refractivity contribution in [3.8, 4) is 0 Å². The lowest BCUT2D eigenvalue weighted by atomic mass is 9.61. The zero-order valence-electron chi connectivity index (χ0n) is 15.0. The molecule has 8 atom stereocenters. The minimum Gasteiger partial charge on any atom is -0.454 e. The molecule has 0 radical (unpaired) electrons. The number of carbonyl (C=O) groups is 1. The fourth-order valence-electron chi connectivity index (χ4n) is 6.43. The number of hydrogen-bond acceptors (Lipinski definition) is 4. The van der Waals surface area contributed by atoms with Gasteiger partial charge in [0, 0.05) is 11.8 Å². The van der Waals surface area contributed by atoms with Crippen LogP contribution in [0, 0.1) is 28.6 Å². The molecule has 24 heavy (non-hydrogen) atoms. The van der Waals surface area contributed by atoms with Gasteiger partial charge in [0.2, 0.25) is 0 Å². The molecule has 1 aliphatic heterocycles. The lowest BCUT2D eigenvalue weighted by Crippen LogP contribution is -2.49. The van der Waals surface area contributed by atoms with Gasteiger partial charge in [0.1, 0.15) is 11.0 Å². The Morgan fingerprint density at radius 2 is 2.00 bits per heavy atom. The largest absolute Gasteiger partial charge is 0.454 e. The summed E-state index contributed by atoms with van der Waals surface area (Å²) in [4.78, 5) is 12.7.